The van der Waals surface area contributed by atoms with E-state index in [1.54, 1.807) is 18.5 Å². The Labute approximate surface area is 118 Å². The van der Waals surface area contributed by atoms with E-state index in [1.807, 2.05) is 18.2 Å². The van der Waals surface area contributed by atoms with Crippen molar-refractivity contribution in [1.82, 2.24) is 9.97 Å². The molecule has 2 heterocycles. The number of hydrogen-bond acceptors (Lipinski definition) is 6. The van der Waals surface area contributed by atoms with Gasteiger partial charge in [0.1, 0.15) is 0 Å². The summed E-state index contributed by atoms with van der Waals surface area (Å²) in [6.07, 6.45) is 3.30. The second-order valence-corrected chi connectivity index (χ2v) is 5.26. The number of fused-ring (bicyclic) bond motifs is 1. The molecule has 0 fully saturated rings. The van der Waals surface area contributed by atoms with Gasteiger partial charge in [0.2, 0.25) is 0 Å². The lowest BCUT2D eigenvalue weighted by atomic mass is 10.2. The number of rotatable bonds is 4. The molecule has 0 bridgehead atoms. The molecule has 0 amide bonds. The van der Waals surface area contributed by atoms with Gasteiger partial charge in [-0.3, -0.25) is 20.1 Å². The molecule has 6 nitrogen and oxygen atoms in total. The highest BCUT2D eigenvalue weighted by molar-refractivity contribution is 7.15. The molecule has 3 rings (SSSR count). The Kier molecular flexibility index (Phi) is 3.26. The van der Waals surface area contributed by atoms with Crippen molar-refractivity contribution in [3.8, 4) is 0 Å². The van der Waals surface area contributed by atoms with Gasteiger partial charge in [0.05, 0.1) is 16.0 Å². The molecule has 7 heteroatoms. The summed E-state index contributed by atoms with van der Waals surface area (Å²) in [6, 6.07) is 9.00. The number of nitrogens with zero attached hydrogens (tertiary/aromatic N) is 3. The Morgan fingerprint density at radius 1 is 1.15 bits per heavy atom. The van der Waals surface area contributed by atoms with Crippen LogP contribution in [0.1, 0.15) is 4.88 Å². The molecular weight excluding hydrogens is 276 g/mol. The predicted octanol–water partition coefficient (Wildman–Crippen LogP) is 3.21. The normalized spacial score (nSPS) is 10.6. The van der Waals surface area contributed by atoms with Crippen LogP contribution in [-0.2, 0) is 6.54 Å². The number of nitro groups is 1. The molecular formula is C13H10N4O2S. The lowest BCUT2D eigenvalue weighted by Crippen LogP contribution is -1.97. The highest BCUT2D eigenvalue weighted by Crippen LogP contribution is 2.25. The molecule has 0 atom stereocenters. The number of nitrogens with one attached hydrogen (secondary N) is 1. The number of anilines is 1. The first-order valence-corrected chi connectivity index (χ1v) is 6.72. The lowest BCUT2D eigenvalue weighted by molar-refractivity contribution is -0.380. The van der Waals surface area contributed by atoms with Crippen LogP contribution in [0.25, 0.3) is 11.0 Å². The summed E-state index contributed by atoms with van der Waals surface area (Å²) >= 11 is 1.17. The third kappa shape index (κ3) is 2.57. The first-order chi connectivity index (χ1) is 9.72. The predicted molar refractivity (Wildman–Crippen MR) is 77.8 cm³/mol. The molecule has 20 heavy (non-hydrogen) atoms. The number of hydrogen-bond donors (Lipinski definition) is 1. The van der Waals surface area contributed by atoms with E-state index in [9.17, 15) is 10.1 Å². The van der Waals surface area contributed by atoms with Gasteiger partial charge in [-0.25, -0.2) is 0 Å². The Morgan fingerprint density at radius 3 is 2.70 bits per heavy atom. The Morgan fingerprint density at radius 2 is 1.95 bits per heavy atom. The van der Waals surface area contributed by atoms with Crippen LogP contribution in [0.4, 0.5) is 10.7 Å². The van der Waals surface area contributed by atoms with Crippen molar-refractivity contribution in [2.75, 3.05) is 5.32 Å². The lowest BCUT2D eigenvalue weighted by Gasteiger charge is -2.05. The van der Waals surface area contributed by atoms with E-state index in [1.165, 1.54) is 17.4 Å². The minimum atomic E-state index is -0.375. The number of aromatic nitrogens is 2. The van der Waals surface area contributed by atoms with Crippen LogP contribution in [0.15, 0.2) is 42.7 Å². The average Bonchev–Trinajstić information content (AvgIpc) is 2.94. The van der Waals surface area contributed by atoms with E-state index in [0.717, 1.165) is 21.6 Å². The maximum absolute atomic E-state index is 10.6. The first-order valence-electron chi connectivity index (χ1n) is 5.90. The maximum atomic E-state index is 10.6. The fourth-order valence-electron chi connectivity index (χ4n) is 1.82. The van der Waals surface area contributed by atoms with Crippen molar-refractivity contribution in [2.45, 2.75) is 6.54 Å². The topological polar surface area (TPSA) is 81.0 Å². The minimum Gasteiger partial charge on any atom is -0.380 e. The van der Waals surface area contributed by atoms with Gasteiger partial charge in [0.15, 0.2) is 0 Å². The van der Waals surface area contributed by atoms with Gasteiger partial charge in [0.25, 0.3) is 0 Å². The molecule has 3 aromatic rings. The Balaban J connectivity index is 1.74. The van der Waals surface area contributed by atoms with Crippen molar-refractivity contribution in [1.29, 1.82) is 0 Å². The molecule has 1 aromatic carbocycles. The van der Waals surface area contributed by atoms with Crippen LogP contribution in [0.5, 0.6) is 0 Å². The summed E-state index contributed by atoms with van der Waals surface area (Å²) in [5.41, 5.74) is 2.56. The standard InChI is InChI=1S/C13H10N4O2S/c18-17(19)13-4-2-10(20-13)8-16-9-1-3-11-12(7-9)15-6-5-14-11/h1-7,16H,8H2. The fraction of sp³-hybridized carbons (Fsp3) is 0.0769. The van der Waals surface area contributed by atoms with Crippen molar-refractivity contribution >= 4 is 33.1 Å². The molecule has 0 aliphatic carbocycles. The van der Waals surface area contributed by atoms with Crippen molar-refractivity contribution < 1.29 is 4.92 Å². The third-order valence-corrected chi connectivity index (χ3v) is 3.80. The van der Waals surface area contributed by atoms with Crippen LogP contribution < -0.4 is 5.32 Å². The van der Waals surface area contributed by atoms with Crippen LogP contribution in [0, 0.1) is 10.1 Å². The van der Waals surface area contributed by atoms with E-state index >= 15 is 0 Å². The molecule has 0 spiro atoms. The van der Waals surface area contributed by atoms with Crippen LogP contribution in [-0.4, -0.2) is 14.9 Å². The van der Waals surface area contributed by atoms with Gasteiger partial charge in [-0.15, -0.1) is 0 Å². The van der Waals surface area contributed by atoms with Gasteiger partial charge < -0.3 is 5.32 Å². The van der Waals surface area contributed by atoms with Gasteiger partial charge in [-0.2, -0.15) is 0 Å². The second kappa shape index (κ2) is 5.22. The minimum absolute atomic E-state index is 0.158. The maximum Gasteiger partial charge on any atom is 0.324 e. The van der Waals surface area contributed by atoms with Crippen LogP contribution >= 0.6 is 11.3 Å². The highest BCUT2D eigenvalue weighted by Gasteiger charge is 2.09. The van der Waals surface area contributed by atoms with Crippen molar-refractivity contribution in [3.63, 3.8) is 0 Å². The fourth-order valence-corrected chi connectivity index (χ4v) is 2.58. The van der Waals surface area contributed by atoms with Gasteiger partial charge in [0, 0.05) is 35.6 Å². The third-order valence-electron chi connectivity index (χ3n) is 2.76. The van der Waals surface area contributed by atoms with Gasteiger partial charge in [-0.1, -0.05) is 11.3 Å². The summed E-state index contributed by atoms with van der Waals surface area (Å²) in [6.45, 7) is 0.546. The van der Waals surface area contributed by atoms with Crippen molar-refractivity contribution in [2.24, 2.45) is 0 Å². The number of benzene rings is 1. The van der Waals surface area contributed by atoms with E-state index in [-0.39, 0.29) is 9.92 Å². The molecule has 2 aromatic heterocycles. The SMILES string of the molecule is O=[N+]([O-])c1ccc(CNc2ccc3nccnc3c2)s1. The van der Waals surface area contributed by atoms with Crippen LogP contribution in [0.2, 0.25) is 0 Å². The molecule has 0 unspecified atom stereocenters. The average molecular weight is 286 g/mol. The molecule has 1 N–H and O–H groups in total. The summed E-state index contributed by atoms with van der Waals surface area (Å²) in [5.74, 6) is 0. The molecule has 100 valence electrons. The zero-order valence-electron chi connectivity index (χ0n) is 10.3. The van der Waals surface area contributed by atoms with E-state index in [0.29, 0.717) is 6.54 Å². The van der Waals surface area contributed by atoms with Crippen LogP contribution in [0.3, 0.4) is 0 Å². The molecule has 0 aliphatic rings. The Bertz CT molecular complexity index is 772. The van der Waals surface area contributed by atoms with E-state index < -0.39 is 0 Å². The summed E-state index contributed by atoms with van der Waals surface area (Å²) in [5, 5.41) is 14.0. The quantitative estimate of drug-likeness (QED) is 0.588. The van der Waals surface area contributed by atoms with Gasteiger partial charge in [-0.05, 0) is 24.3 Å². The monoisotopic (exact) mass is 286 g/mol. The summed E-state index contributed by atoms with van der Waals surface area (Å²) in [4.78, 5) is 19.6. The smallest absolute Gasteiger partial charge is 0.324 e. The zero-order valence-corrected chi connectivity index (χ0v) is 11.1. The molecule has 0 saturated carbocycles. The largest absolute Gasteiger partial charge is 0.380 e. The summed E-state index contributed by atoms with van der Waals surface area (Å²) < 4.78 is 0. The molecule has 0 saturated heterocycles. The summed E-state index contributed by atoms with van der Waals surface area (Å²) in [7, 11) is 0. The van der Waals surface area contributed by atoms with E-state index in [4.69, 9.17) is 0 Å². The Hall–Kier alpha value is -2.54. The zero-order chi connectivity index (χ0) is 13.9. The molecule has 0 aliphatic heterocycles. The second-order valence-electron chi connectivity index (χ2n) is 4.11. The molecule has 0 radical (unpaired) electrons. The van der Waals surface area contributed by atoms with E-state index in [2.05, 4.69) is 15.3 Å². The highest BCUT2D eigenvalue weighted by atomic mass is 32.1. The van der Waals surface area contributed by atoms with Crippen molar-refractivity contribution in [3.05, 3.63) is 57.7 Å². The number of thiophene rings is 1. The van der Waals surface area contributed by atoms with Gasteiger partial charge >= 0.3 is 5.00 Å². The first kappa shape index (κ1) is 12.5.